The molecule has 2 fully saturated rings. The second-order valence-electron chi connectivity index (χ2n) is 8.92. The molecule has 170 valence electrons. The molecule has 0 N–H and O–H groups in total. The summed E-state index contributed by atoms with van der Waals surface area (Å²) in [5, 5.41) is 10.1. The Morgan fingerprint density at radius 2 is 2.03 bits per heavy atom. The van der Waals surface area contributed by atoms with Crippen molar-refractivity contribution in [3.8, 4) is 16.5 Å². The van der Waals surface area contributed by atoms with E-state index in [2.05, 4.69) is 35.2 Å². The van der Waals surface area contributed by atoms with Gasteiger partial charge in [-0.3, -0.25) is 4.79 Å². The third-order valence-corrected chi connectivity index (χ3v) is 7.58. The first-order valence-electron chi connectivity index (χ1n) is 11.4. The van der Waals surface area contributed by atoms with Crippen molar-refractivity contribution >= 4 is 22.8 Å². The van der Waals surface area contributed by atoms with Gasteiger partial charge in [-0.1, -0.05) is 12.1 Å². The average Bonchev–Trinajstić information content (AvgIpc) is 3.21. The van der Waals surface area contributed by atoms with Crippen molar-refractivity contribution in [3.63, 3.8) is 0 Å². The zero-order valence-corrected chi connectivity index (χ0v) is 19.5. The molecule has 1 saturated carbocycles. The predicted molar refractivity (Wildman–Crippen MR) is 125 cm³/mol. The van der Waals surface area contributed by atoms with Gasteiger partial charge in [0.05, 0.1) is 40.8 Å². The number of halogens is 1. The van der Waals surface area contributed by atoms with Crippen molar-refractivity contribution in [2.45, 2.75) is 51.6 Å². The predicted octanol–water partition coefficient (Wildman–Crippen LogP) is 5.30. The standard InChI is InChI=1S/C25H30FN3O2S/c1-16(15-27)13-23(30)22-14-19(26)5-8-21(22)24-25(32-17(2)28-24)18-3-6-20(7-4-18)29-9-11-31-12-10-29/h3-4,6-7,16,19,21-22H,5,8-14H2,1-2H3/t16-,19+,21-,22-/m1/s1. The summed E-state index contributed by atoms with van der Waals surface area (Å²) in [5.74, 6) is -0.875. The molecule has 2 aromatic rings. The van der Waals surface area contributed by atoms with Crippen molar-refractivity contribution in [3.05, 3.63) is 35.0 Å². The average molecular weight is 456 g/mol. The molecule has 32 heavy (non-hydrogen) atoms. The van der Waals surface area contributed by atoms with Crippen LogP contribution in [-0.4, -0.2) is 43.2 Å². The van der Waals surface area contributed by atoms with Crippen molar-refractivity contribution in [1.82, 2.24) is 4.98 Å². The number of ketones is 1. The van der Waals surface area contributed by atoms with Crippen LogP contribution in [0.4, 0.5) is 10.1 Å². The third-order valence-electron chi connectivity index (χ3n) is 6.54. The molecule has 2 aliphatic rings. The molecule has 2 heterocycles. The Morgan fingerprint density at radius 3 is 2.72 bits per heavy atom. The second kappa shape index (κ2) is 10.1. The first-order valence-corrected chi connectivity index (χ1v) is 12.2. The van der Waals surface area contributed by atoms with E-state index in [1.165, 1.54) is 5.69 Å². The van der Waals surface area contributed by atoms with Gasteiger partial charge in [0.15, 0.2) is 0 Å². The molecule has 5 nitrogen and oxygen atoms in total. The molecule has 0 radical (unpaired) electrons. The van der Waals surface area contributed by atoms with E-state index in [4.69, 9.17) is 15.0 Å². The van der Waals surface area contributed by atoms with Crippen LogP contribution in [0.3, 0.4) is 0 Å². The normalized spacial score (nSPS) is 24.7. The van der Waals surface area contributed by atoms with Gasteiger partial charge >= 0.3 is 0 Å². The van der Waals surface area contributed by atoms with Gasteiger partial charge in [0.1, 0.15) is 12.0 Å². The molecular weight excluding hydrogens is 425 g/mol. The monoisotopic (exact) mass is 455 g/mol. The Bertz CT molecular complexity index is 978. The molecular formula is C25H30FN3O2S. The van der Waals surface area contributed by atoms with E-state index in [1.54, 1.807) is 18.3 Å². The quantitative estimate of drug-likeness (QED) is 0.592. The molecule has 1 aliphatic carbocycles. The number of aromatic nitrogens is 1. The number of Topliss-reactive ketones (excluding diaryl/α,β-unsaturated/α-hetero) is 1. The lowest BCUT2D eigenvalue weighted by molar-refractivity contribution is -0.125. The highest BCUT2D eigenvalue weighted by molar-refractivity contribution is 7.15. The number of rotatable bonds is 6. The maximum atomic E-state index is 14.3. The number of nitrogens with zero attached hydrogens (tertiary/aromatic N) is 3. The second-order valence-corrected chi connectivity index (χ2v) is 10.1. The Morgan fingerprint density at radius 1 is 1.31 bits per heavy atom. The summed E-state index contributed by atoms with van der Waals surface area (Å²) in [7, 11) is 0. The van der Waals surface area contributed by atoms with Gasteiger partial charge in [-0.05, 0) is 50.8 Å². The molecule has 0 bridgehead atoms. The zero-order chi connectivity index (χ0) is 22.7. The van der Waals surface area contributed by atoms with Crippen LogP contribution < -0.4 is 4.90 Å². The molecule has 1 saturated heterocycles. The number of carbonyl (C=O) groups is 1. The number of carbonyl (C=O) groups excluding carboxylic acids is 1. The molecule has 1 aliphatic heterocycles. The molecule has 0 unspecified atom stereocenters. The van der Waals surface area contributed by atoms with Crippen molar-refractivity contribution < 1.29 is 13.9 Å². The summed E-state index contributed by atoms with van der Waals surface area (Å²) in [6.07, 6.45) is 0.507. The molecule has 1 aromatic carbocycles. The lowest BCUT2D eigenvalue weighted by Gasteiger charge is -2.32. The summed E-state index contributed by atoms with van der Waals surface area (Å²) in [6.45, 7) is 7.00. The van der Waals surface area contributed by atoms with Crippen LogP contribution in [0.2, 0.25) is 0 Å². The van der Waals surface area contributed by atoms with E-state index in [0.717, 1.165) is 47.4 Å². The number of anilines is 1. The molecule has 1 aromatic heterocycles. The smallest absolute Gasteiger partial charge is 0.138 e. The van der Waals surface area contributed by atoms with Crippen LogP contribution in [0.5, 0.6) is 0 Å². The molecule has 4 atom stereocenters. The summed E-state index contributed by atoms with van der Waals surface area (Å²) in [4.78, 5) is 21.2. The van der Waals surface area contributed by atoms with E-state index < -0.39 is 12.1 Å². The van der Waals surface area contributed by atoms with E-state index in [1.807, 2.05) is 6.92 Å². The first kappa shape index (κ1) is 22.9. The summed E-state index contributed by atoms with van der Waals surface area (Å²) < 4.78 is 19.8. The lowest BCUT2D eigenvalue weighted by Crippen LogP contribution is -2.36. The number of thiazole rings is 1. The Hall–Kier alpha value is -2.30. The minimum Gasteiger partial charge on any atom is -0.378 e. The minimum absolute atomic E-state index is 0.00864. The number of aryl methyl sites for hydroxylation is 1. The fraction of sp³-hybridized carbons (Fsp3) is 0.560. The van der Waals surface area contributed by atoms with E-state index in [9.17, 15) is 9.18 Å². The molecule has 0 spiro atoms. The van der Waals surface area contributed by atoms with Crippen molar-refractivity contribution in [2.75, 3.05) is 31.2 Å². The van der Waals surface area contributed by atoms with Gasteiger partial charge in [-0.2, -0.15) is 5.26 Å². The number of hydrogen-bond donors (Lipinski definition) is 0. The number of nitriles is 1. The topological polar surface area (TPSA) is 66.2 Å². The highest BCUT2D eigenvalue weighted by atomic mass is 32.1. The number of alkyl halides is 1. The zero-order valence-electron chi connectivity index (χ0n) is 18.7. The van der Waals surface area contributed by atoms with Gasteiger partial charge in [0.25, 0.3) is 0 Å². The fourth-order valence-electron chi connectivity index (χ4n) is 4.85. The number of benzene rings is 1. The summed E-state index contributed by atoms with van der Waals surface area (Å²) in [6, 6.07) is 10.6. The van der Waals surface area contributed by atoms with Crippen LogP contribution in [0.25, 0.3) is 10.4 Å². The van der Waals surface area contributed by atoms with Gasteiger partial charge in [-0.15, -0.1) is 11.3 Å². The molecule has 4 rings (SSSR count). The van der Waals surface area contributed by atoms with Crippen molar-refractivity contribution in [2.24, 2.45) is 11.8 Å². The van der Waals surface area contributed by atoms with Crippen molar-refractivity contribution in [1.29, 1.82) is 5.26 Å². The maximum Gasteiger partial charge on any atom is 0.138 e. The largest absolute Gasteiger partial charge is 0.378 e. The maximum absolute atomic E-state index is 14.3. The van der Waals surface area contributed by atoms with E-state index in [-0.39, 0.29) is 30.5 Å². The Labute approximate surface area is 193 Å². The third kappa shape index (κ3) is 5.02. The highest BCUT2D eigenvalue weighted by Crippen LogP contribution is 2.45. The van der Waals surface area contributed by atoms with E-state index in [0.29, 0.717) is 12.8 Å². The number of morpholine rings is 1. The Kier molecular flexibility index (Phi) is 7.22. The molecule has 0 amide bonds. The van der Waals surface area contributed by atoms with Crippen LogP contribution in [0, 0.1) is 30.1 Å². The van der Waals surface area contributed by atoms with Gasteiger partial charge in [0.2, 0.25) is 0 Å². The fourth-order valence-corrected chi connectivity index (χ4v) is 5.84. The van der Waals surface area contributed by atoms with Gasteiger partial charge in [0, 0.05) is 37.0 Å². The summed E-state index contributed by atoms with van der Waals surface area (Å²) in [5.41, 5.74) is 3.18. The van der Waals surface area contributed by atoms with Gasteiger partial charge < -0.3 is 9.64 Å². The summed E-state index contributed by atoms with van der Waals surface area (Å²) >= 11 is 1.63. The number of hydrogen-bond acceptors (Lipinski definition) is 6. The minimum atomic E-state index is -0.964. The SMILES string of the molecule is Cc1nc([C@@H]2CC[C@H](F)C[C@H]2C(=O)C[C@@H](C)C#N)c(-c2ccc(N3CCOCC3)cc2)s1. The van der Waals surface area contributed by atoms with Crippen LogP contribution in [0.15, 0.2) is 24.3 Å². The van der Waals surface area contributed by atoms with E-state index >= 15 is 0 Å². The van der Waals surface area contributed by atoms with Crippen LogP contribution in [-0.2, 0) is 9.53 Å². The first-order chi connectivity index (χ1) is 15.5. The number of ether oxygens (including phenoxy) is 1. The van der Waals surface area contributed by atoms with Crippen LogP contribution >= 0.6 is 11.3 Å². The van der Waals surface area contributed by atoms with Gasteiger partial charge in [-0.25, -0.2) is 9.37 Å². The molecule has 7 heteroatoms. The highest BCUT2D eigenvalue weighted by Gasteiger charge is 2.39. The lowest BCUT2D eigenvalue weighted by atomic mass is 9.72. The Balaban J connectivity index is 1.61. The van der Waals surface area contributed by atoms with Crippen LogP contribution in [0.1, 0.15) is 49.2 Å².